The van der Waals surface area contributed by atoms with Gasteiger partial charge in [0.2, 0.25) is 0 Å². The summed E-state index contributed by atoms with van der Waals surface area (Å²) in [6, 6.07) is 8.82. The Morgan fingerprint density at radius 1 is 1.25 bits per heavy atom. The maximum atomic E-state index is 3.36. The van der Waals surface area contributed by atoms with Gasteiger partial charge in [0.05, 0.1) is 0 Å². The van der Waals surface area contributed by atoms with Crippen LogP contribution in [0.15, 0.2) is 36.9 Å². The minimum atomic E-state index is 0.660. The van der Waals surface area contributed by atoms with Crippen molar-refractivity contribution in [3.05, 3.63) is 48.0 Å². The first-order valence-electron chi connectivity index (χ1n) is 6.32. The highest BCUT2D eigenvalue weighted by molar-refractivity contribution is 5.29. The van der Waals surface area contributed by atoms with E-state index in [9.17, 15) is 0 Å². The van der Waals surface area contributed by atoms with Crippen LogP contribution >= 0.6 is 0 Å². The third kappa shape index (κ3) is 5.75. The van der Waals surface area contributed by atoms with Crippen molar-refractivity contribution >= 4 is 0 Å². The highest BCUT2D eigenvalue weighted by atomic mass is 14.1. The van der Waals surface area contributed by atoms with Crippen LogP contribution in [0.5, 0.6) is 0 Å². The summed E-state index contributed by atoms with van der Waals surface area (Å²) in [5, 5.41) is 0. The second-order valence-electron chi connectivity index (χ2n) is 4.37. The Bertz CT molecular complexity index is 284. The lowest BCUT2D eigenvalue weighted by Crippen LogP contribution is -1.95. The van der Waals surface area contributed by atoms with Crippen molar-refractivity contribution in [2.75, 3.05) is 0 Å². The first-order chi connectivity index (χ1) is 7.67. The molecule has 90 valence electrons. The van der Waals surface area contributed by atoms with Gasteiger partial charge in [-0.2, -0.15) is 0 Å². The van der Waals surface area contributed by atoms with Gasteiger partial charge >= 0.3 is 0 Å². The topological polar surface area (TPSA) is 0 Å². The molecule has 0 spiro atoms. The number of benzene rings is 1. The van der Waals surface area contributed by atoms with E-state index < -0.39 is 0 Å². The second kappa shape index (κ2) is 9.21. The number of rotatable bonds is 4. The summed E-state index contributed by atoms with van der Waals surface area (Å²) in [4.78, 5) is 0. The van der Waals surface area contributed by atoms with Gasteiger partial charge in [0.25, 0.3) is 0 Å². The summed E-state index contributed by atoms with van der Waals surface area (Å²) < 4.78 is 0. The fraction of sp³-hybridized carbons (Fsp3) is 0.500. The molecule has 0 bridgehead atoms. The number of hydrogen-bond acceptors (Lipinski definition) is 0. The Hall–Kier alpha value is -1.04. The van der Waals surface area contributed by atoms with Crippen LogP contribution in [0.1, 0.15) is 57.6 Å². The van der Waals surface area contributed by atoms with Crippen LogP contribution < -0.4 is 0 Å². The molecule has 0 unspecified atom stereocenters. The van der Waals surface area contributed by atoms with Gasteiger partial charge in [-0.3, -0.25) is 0 Å². The van der Waals surface area contributed by atoms with E-state index in [2.05, 4.69) is 51.6 Å². The average Bonchev–Trinajstić information content (AvgIpc) is 2.27. The van der Waals surface area contributed by atoms with Crippen LogP contribution in [0, 0.1) is 0 Å². The van der Waals surface area contributed by atoms with Crippen molar-refractivity contribution < 1.29 is 0 Å². The maximum Gasteiger partial charge on any atom is -0.0216 e. The van der Waals surface area contributed by atoms with Gasteiger partial charge in [-0.05, 0) is 36.8 Å². The summed E-state index contributed by atoms with van der Waals surface area (Å²) in [5.41, 5.74) is 3.07. The van der Waals surface area contributed by atoms with Crippen molar-refractivity contribution in [2.24, 2.45) is 0 Å². The van der Waals surface area contributed by atoms with Crippen LogP contribution in [-0.2, 0) is 6.42 Å². The molecule has 0 heteroatoms. The zero-order valence-electron chi connectivity index (χ0n) is 11.3. The minimum absolute atomic E-state index is 0.660. The van der Waals surface area contributed by atoms with E-state index in [0.29, 0.717) is 5.92 Å². The zero-order chi connectivity index (χ0) is 12.4. The van der Waals surface area contributed by atoms with Crippen LogP contribution in [-0.4, -0.2) is 0 Å². The highest BCUT2D eigenvalue weighted by Crippen LogP contribution is 2.20. The number of hydrogen-bond donors (Lipinski definition) is 0. The summed E-state index contributed by atoms with van der Waals surface area (Å²) in [6.07, 6.45) is 5.58. The molecular weight excluding hydrogens is 192 g/mol. The number of allylic oxidation sites excluding steroid dienone is 1. The molecule has 0 amide bonds. The summed E-state index contributed by atoms with van der Waals surface area (Å²) in [5.74, 6) is 0.660. The molecule has 0 aliphatic carbocycles. The van der Waals surface area contributed by atoms with E-state index in [-0.39, 0.29) is 0 Å². The van der Waals surface area contributed by atoms with E-state index in [1.54, 1.807) is 11.6 Å². The fourth-order valence-corrected chi connectivity index (χ4v) is 1.69. The predicted octanol–water partition coefficient (Wildman–Crippen LogP) is 5.34. The molecule has 0 atom stereocenters. The number of unbranched alkanes of at least 4 members (excludes halogenated alkanes) is 1. The third-order valence-electron chi connectivity index (χ3n) is 2.48. The van der Waals surface area contributed by atoms with Crippen molar-refractivity contribution in [1.29, 1.82) is 0 Å². The monoisotopic (exact) mass is 218 g/mol. The van der Waals surface area contributed by atoms with E-state index in [1.165, 1.54) is 24.8 Å². The molecule has 0 N–H and O–H groups in total. The van der Waals surface area contributed by atoms with Gasteiger partial charge in [-0.15, -0.1) is 6.58 Å². The van der Waals surface area contributed by atoms with Crippen LogP contribution in [0.2, 0.25) is 0 Å². The largest absolute Gasteiger partial charge is 0.103 e. The Kier molecular flexibility index (Phi) is 8.61. The summed E-state index contributed by atoms with van der Waals surface area (Å²) in [7, 11) is 0. The smallest absolute Gasteiger partial charge is 0.0216 e. The fourth-order valence-electron chi connectivity index (χ4n) is 1.69. The van der Waals surface area contributed by atoms with Crippen molar-refractivity contribution in [2.45, 2.75) is 52.9 Å². The van der Waals surface area contributed by atoms with Gasteiger partial charge in [-0.25, -0.2) is 0 Å². The first kappa shape index (κ1) is 15.0. The number of aryl methyl sites for hydroxylation is 1. The lowest BCUT2D eigenvalue weighted by atomic mass is 9.94. The van der Waals surface area contributed by atoms with Crippen molar-refractivity contribution in [1.82, 2.24) is 0 Å². The SMILES string of the molecule is C=CC.CCCCc1ccccc1C(C)C. The van der Waals surface area contributed by atoms with Gasteiger partial charge in [-0.1, -0.05) is 57.5 Å². The Labute approximate surface area is 101 Å². The molecule has 0 saturated heterocycles. The van der Waals surface area contributed by atoms with E-state index >= 15 is 0 Å². The predicted molar refractivity (Wildman–Crippen MR) is 75.0 cm³/mol. The second-order valence-corrected chi connectivity index (χ2v) is 4.37. The molecule has 0 heterocycles. The van der Waals surface area contributed by atoms with Crippen LogP contribution in [0.4, 0.5) is 0 Å². The molecule has 0 aliphatic heterocycles. The standard InChI is InChI=1S/C13H20.C3H6/c1-4-5-8-12-9-6-7-10-13(12)11(2)3;1-3-2/h6-7,9-11H,4-5,8H2,1-3H3;3H,1H2,2H3. The van der Waals surface area contributed by atoms with Gasteiger partial charge < -0.3 is 0 Å². The van der Waals surface area contributed by atoms with E-state index in [1.807, 2.05) is 6.92 Å². The summed E-state index contributed by atoms with van der Waals surface area (Å²) >= 11 is 0. The summed E-state index contributed by atoms with van der Waals surface area (Å²) in [6.45, 7) is 12.0. The van der Waals surface area contributed by atoms with Crippen molar-refractivity contribution in [3.63, 3.8) is 0 Å². The minimum Gasteiger partial charge on any atom is -0.103 e. The third-order valence-corrected chi connectivity index (χ3v) is 2.48. The van der Waals surface area contributed by atoms with Gasteiger partial charge in [0.1, 0.15) is 0 Å². The molecule has 0 aliphatic rings. The van der Waals surface area contributed by atoms with Crippen LogP contribution in [0.3, 0.4) is 0 Å². The quantitative estimate of drug-likeness (QED) is 0.598. The van der Waals surface area contributed by atoms with Crippen molar-refractivity contribution in [3.8, 4) is 0 Å². The first-order valence-corrected chi connectivity index (χ1v) is 6.32. The Balaban J connectivity index is 0.000000673. The lowest BCUT2D eigenvalue weighted by Gasteiger charge is -2.11. The zero-order valence-corrected chi connectivity index (χ0v) is 11.3. The van der Waals surface area contributed by atoms with Gasteiger partial charge in [0.15, 0.2) is 0 Å². The highest BCUT2D eigenvalue weighted by Gasteiger charge is 2.04. The lowest BCUT2D eigenvalue weighted by molar-refractivity contribution is 0.767. The molecule has 16 heavy (non-hydrogen) atoms. The molecule has 1 aromatic carbocycles. The molecule has 0 fully saturated rings. The van der Waals surface area contributed by atoms with E-state index in [4.69, 9.17) is 0 Å². The van der Waals surface area contributed by atoms with E-state index in [0.717, 1.165) is 0 Å². The Morgan fingerprint density at radius 2 is 1.81 bits per heavy atom. The van der Waals surface area contributed by atoms with Gasteiger partial charge in [0, 0.05) is 0 Å². The molecular formula is C16H26. The molecule has 1 rings (SSSR count). The average molecular weight is 218 g/mol. The normalized spacial score (nSPS) is 9.56. The molecule has 1 aromatic rings. The van der Waals surface area contributed by atoms with Crippen LogP contribution in [0.25, 0.3) is 0 Å². The molecule has 0 nitrogen and oxygen atoms in total. The Morgan fingerprint density at radius 3 is 2.31 bits per heavy atom. The maximum absolute atomic E-state index is 3.36. The molecule has 0 radical (unpaired) electrons. The molecule has 0 aromatic heterocycles. The molecule has 0 saturated carbocycles.